The maximum Gasteiger partial charge on any atom is 0.210 e. The van der Waals surface area contributed by atoms with Gasteiger partial charge in [0.2, 0.25) is 5.69 Å². The van der Waals surface area contributed by atoms with Crippen molar-refractivity contribution in [2.75, 3.05) is 19.0 Å². The van der Waals surface area contributed by atoms with Gasteiger partial charge in [0.05, 0.1) is 5.41 Å². The maximum atomic E-state index is 4.32. The molecule has 0 N–H and O–H groups in total. The third-order valence-electron chi connectivity index (χ3n) is 12.4. The average Bonchev–Trinajstić information content (AvgIpc) is 3.57. The number of fused-ring (bicyclic) bond motifs is 6. The highest BCUT2D eigenvalue weighted by Gasteiger charge is 2.51. The van der Waals surface area contributed by atoms with Crippen LogP contribution in [-0.2, 0) is 23.7 Å². The number of rotatable bonds is 11. The summed E-state index contributed by atoms with van der Waals surface area (Å²) in [5.74, 6) is 0. The third kappa shape index (κ3) is 6.01. The summed E-state index contributed by atoms with van der Waals surface area (Å²) in [5, 5.41) is 5.17. The van der Waals surface area contributed by atoms with Crippen LogP contribution in [0.2, 0.25) is 0 Å². The molecule has 2 aliphatic rings. The molecule has 0 amide bonds. The SMILES string of the molecule is C=CCC1(Cc2ccccc2C)C(/C=C/C=C/C=C2/N(C)c3ccc4ccccc4c3C2(CC=C)Cc2ccccc2C)=[N+](C)c2ccc3ccccc3c21. The smallest absolute Gasteiger partial charge is 0.210 e. The topological polar surface area (TPSA) is 6.25 Å². The molecule has 0 aromatic heterocycles. The Bertz CT molecular complexity index is 2600. The number of nitrogens with zero attached hydrogens (tertiary/aromatic N) is 2. The Morgan fingerprint density at radius 3 is 1.78 bits per heavy atom. The molecule has 0 saturated carbocycles. The van der Waals surface area contributed by atoms with E-state index in [0.717, 1.165) is 25.7 Å². The Morgan fingerprint density at radius 1 is 0.600 bits per heavy atom. The summed E-state index contributed by atoms with van der Waals surface area (Å²) in [6, 6.07) is 44.5. The first kappa shape index (κ1) is 36.0. The van der Waals surface area contributed by atoms with Crippen molar-refractivity contribution in [1.29, 1.82) is 0 Å². The molecule has 6 aromatic rings. The number of anilines is 1. The third-order valence-corrected chi connectivity index (χ3v) is 12.4. The molecule has 8 rings (SSSR count). The summed E-state index contributed by atoms with van der Waals surface area (Å²) in [5.41, 5.74) is 12.7. The van der Waals surface area contributed by atoms with Crippen LogP contribution in [0.3, 0.4) is 0 Å². The number of hydrogen-bond acceptors (Lipinski definition) is 1. The Hall–Kier alpha value is -5.99. The molecule has 2 heterocycles. The van der Waals surface area contributed by atoms with Gasteiger partial charge in [-0.15, -0.1) is 13.2 Å². The molecule has 0 saturated heterocycles. The van der Waals surface area contributed by atoms with Gasteiger partial charge in [0.15, 0.2) is 5.71 Å². The van der Waals surface area contributed by atoms with E-state index < -0.39 is 0 Å². The number of likely N-dealkylation sites (N-methyl/N-ethyl adjacent to an activating group) is 1. The standard InChI is InChI=1S/C53H51N2/c1-7-34-52(36-42-24-14-12-20-38(42)3)48(54(5)46-32-30-40-22-16-18-26-44(40)50(46)52)28-10-9-11-29-49-53(35-8-2,37-43-25-15-13-21-39(43)4)51-45-27-19-17-23-41(45)31-33-47(51)55(49)6/h7-33H,1-2,34-37H2,3-6H3/q+1. The van der Waals surface area contributed by atoms with Gasteiger partial charge >= 0.3 is 0 Å². The van der Waals surface area contributed by atoms with Crippen molar-refractivity contribution in [3.63, 3.8) is 0 Å². The molecule has 272 valence electrons. The quantitative estimate of drug-likeness (QED) is 0.0735. The van der Waals surface area contributed by atoms with Crippen molar-refractivity contribution >= 4 is 38.6 Å². The van der Waals surface area contributed by atoms with Gasteiger partial charge in [0.1, 0.15) is 7.05 Å². The molecule has 2 aliphatic heterocycles. The van der Waals surface area contributed by atoms with E-state index in [1.807, 2.05) is 0 Å². The number of allylic oxidation sites excluding steroid dienone is 8. The van der Waals surface area contributed by atoms with Gasteiger partial charge in [0, 0.05) is 41.6 Å². The minimum absolute atomic E-state index is 0.275. The van der Waals surface area contributed by atoms with Crippen LogP contribution in [0.4, 0.5) is 11.4 Å². The molecule has 0 radical (unpaired) electrons. The Labute approximate surface area is 327 Å². The second kappa shape index (κ2) is 14.7. The molecule has 2 nitrogen and oxygen atoms in total. The molecular formula is C53H51N2+. The molecule has 0 spiro atoms. The van der Waals surface area contributed by atoms with E-state index >= 15 is 0 Å². The van der Waals surface area contributed by atoms with Crippen molar-refractivity contribution < 1.29 is 4.58 Å². The number of hydrogen-bond donors (Lipinski definition) is 0. The minimum atomic E-state index is -0.275. The highest BCUT2D eigenvalue weighted by Crippen LogP contribution is 2.54. The highest BCUT2D eigenvalue weighted by molar-refractivity contribution is 6.08. The van der Waals surface area contributed by atoms with Crippen LogP contribution in [-0.4, -0.2) is 24.4 Å². The predicted octanol–water partition coefficient (Wildman–Crippen LogP) is 12.6. The zero-order valence-corrected chi connectivity index (χ0v) is 32.7. The number of benzene rings is 6. The molecule has 0 aliphatic carbocycles. The van der Waals surface area contributed by atoms with E-state index in [0.29, 0.717) is 0 Å². The van der Waals surface area contributed by atoms with Crippen molar-refractivity contribution in [2.24, 2.45) is 0 Å². The van der Waals surface area contributed by atoms with Gasteiger partial charge in [-0.05, 0) is 107 Å². The largest absolute Gasteiger partial charge is 0.347 e. The summed E-state index contributed by atoms with van der Waals surface area (Å²) in [4.78, 5) is 2.41. The van der Waals surface area contributed by atoms with Crippen LogP contribution in [0.5, 0.6) is 0 Å². The molecule has 0 bridgehead atoms. The Morgan fingerprint density at radius 2 is 1.15 bits per heavy atom. The van der Waals surface area contributed by atoms with Gasteiger partial charge in [-0.3, -0.25) is 0 Å². The van der Waals surface area contributed by atoms with Crippen molar-refractivity contribution in [1.82, 2.24) is 0 Å². The van der Waals surface area contributed by atoms with Crippen LogP contribution < -0.4 is 4.90 Å². The normalized spacial score (nSPS) is 20.0. The molecule has 55 heavy (non-hydrogen) atoms. The lowest BCUT2D eigenvalue weighted by Crippen LogP contribution is -2.36. The van der Waals surface area contributed by atoms with E-state index in [1.54, 1.807) is 0 Å². The van der Waals surface area contributed by atoms with Crippen LogP contribution in [0, 0.1) is 13.8 Å². The fourth-order valence-electron chi connectivity index (χ4n) is 9.82. The van der Waals surface area contributed by atoms with Gasteiger partial charge in [-0.2, -0.15) is 4.58 Å². The molecule has 2 atom stereocenters. The summed E-state index contributed by atoms with van der Waals surface area (Å²) >= 11 is 0. The van der Waals surface area contributed by atoms with Crippen LogP contribution in [0.25, 0.3) is 21.5 Å². The second-order valence-corrected chi connectivity index (χ2v) is 15.5. The van der Waals surface area contributed by atoms with E-state index in [9.17, 15) is 0 Å². The first-order valence-electron chi connectivity index (χ1n) is 19.6. The van der Waals surface area contributed by atoms with E-state index in [4.69, 9.17) is 0 Å². The Kier molecular flexibility index (Phi) is 9.61. The van der Waals surface area contributed by atoms with Crippen LogP contribution in [0.15, 0.2) is 183 Å². The lowest BCUT2D eigenvalue weighted by atomic mass is 9.68. The van der Waals surface area contributed by atoms with Gasteiger partial charge < -0.3 is 4.90 Å². The van der Waals surface area contributed by atoms with Crippen molar-refractivity contribution in [3.8, 4) is 0 Å². The molecular weight excluding hydrogens is 665 g/mol. The minimum Gasteiger partial charge on any atom is -0.347 e. The monoisotopic (exact) mass is 715 g/mol. The lowest BCUT2D eigenvalue weighted by molar-refractivity contribution is -0.401. The van der Waals surface area contributed by atoms with Gasteiger partial charge in [-0.1, -0.05) is 134 Å². The predicted molar refractivity (Wildman–Crippen MR) is 236 cm³/mol. The van der Waals surface area contributed by atoms with E-state index in [2.05, 4.69) is 214 Å². The first-order valence-corrected chi connectivity index (χ1v) is 19.6. The van der Waals surface area contributed by atoms with Gasteiger partial charge in [-0.25, -0.2) is 0 Å². The average molecular weight is 716 g/mol. The summed E-state index contributed by atoms with van der Waals surface area (Å²) in [6.07, 6.45) is 19.1. The van der Waals surface area contributed by atoms with Gasteiger partial charge in [0.25, 0.3) is 0 Å². The zero-order valence-electron chi connectivity index (χ0n) is 32.7. The fourth-order valence-corrected chi connectivity index (χ4v) is 9.82. The number of aryl methyl sites for hydroxylation is 2. The molecule has 2 heteroatoms. The molecule has 0 fully saturated rings. The summed E-state index contributed by atoms with van der Waals surface area (Å²) in [7, 11) is 4.46. The van der Waals surface area contributed by atoms with E-state index in [-0.39, 0.29) is 10.8 Å². The highest BCUT2D eigenvalue weighted by atomic mass is 15.2. The maximum absolute atomic E-state index is 4.32. The van der Waals surface area contributed by atoms with Crippen LogP contribution in [0.1, 0.15) is 46.2 Å². The zero-order chi connectivity index (χ0) is 38.2. The van der Waals surface area contributed by atoms with Crippen molar-refractivity contribution in [3.05, 3.63) is 216 Å². The first-order chi connectivity index (χ1) is 26.8. The summed E-state index contributed by atoms with van der Waals surface area (Å²) < 4.78 is 2.41. The summed E-state index contributed by atoms with van der Waals surface area (Å²) in [6.45, 7) is 13.1. The van der Waals surface area contributed by atoms with E-state index in [1.165, 1.54) is 77.7 Å². The molecule has 2 unspecified atom stereocenters. The van der Waals surface area contributed by atoms with Crippen molar-refractivity contribution in [2.45, 2.75) is 50.4 Å². The fraction of sp³-hybridized carbons (Fsp3) is 0.189. The second-order valence-electron chi connectivity index (χ2n) is 15.5. The lowest BCUT2D eigenvalue weighted by Gasteiger charge is -2.33. The van der Waals surface area contributed by atoms with Crippen LogP contribution >= 0.6 is 0 Å². The molecule has 6 aromatic carbocycles. The Balaban J connectivity index is 1.23.